The normalized spacial score (nSPS) is 18.8. The number of amides is 2. The molecule has 0 aromatic heterocycles. The van der Waals surface area contributed by atoms with Gasteiger partial charge in [-0.1, -0.05) is 11.6 Å². The van der Waals surface area contributed by atoms with Crippen LogP contribution in [0, 0.1) is 5.82 Å². The second kappa shape index (κ2) is 8.12. The van der Waals surface area contributed by atoms with Gasteiger partial charge in [-0.15, -0.1) is 0 Å². The van der Waals surface area contributed by atoms with Crippen LogP contribution in [0.4, 0.5) is 10.1 Å². The highest BCUT2D eigenvalue weighted by Crippen LogP contribution is 2.19. The minimum Gasteiger partial charge on any atom is -0.352 e. The smallest absolute Gasteiger partial charge is 0.238 e. The quantitative estimate of drug-likeness (QED) is 0.794. The number of rotatable bonds is 6. The Morgan fingerprint density at radius 2 is 1.68 bits per heavy atom. The average molecular weight is 369 g/mol. The Bertz CT molecular complexity index is 646. The molecule has 1 aromatic rings. The topological polar surface area (TPSA) is 64.7 Å². The molecule has 0 radical (unpaired) electrons. The number of nitrogens with zero attached hydrogens (tertiary/aromatic N) is 2. The summed E-state index contributed by atoms with van der Waals surface area (Å²) in [6.07, 6.45) is 2.17. The molecule has 1 aromatic carbocycles. The minimum absolute atomic E-state index is 0.0758. The van der Waals surface area contributed by atoms with Gasteiger partial charge in [0.25, 0.3) is 0 Å². The third-order valence-corrected chi connectivity index (χ3v) is 4.58. The third-order valence-electron chi connectivity index (χ3n) is 4.35. The van der Waals surface area contributed by atoms with Crippen molar-refractivity contribution in [3.05, 3.63) is 29.0 Å². The SMILES string of the molecule is O=C(CN1CCN(CC(=O)NC2CC2)CC1)Nc1ccc(Cl)cc1F. The number of piperazine rings is 1. The van der Waals surface area contributed by atoms with E-state index in [0.717, 1.165) is 25.9 Å². The summed E-state index contributed by atoms with van der Waals surface area (Å²) in [5.74, 6) is -0.736. The van der Waals surface area contributed by atoms with Gasteiger partial charge in [0.05, 0.1) is 18.8 Å². The van der Waals surface area contributed by atoms with E-state index < -0.39 is 5.82 Å². The fraction of sp³-hybridized carbons (Fsp3) is 0.529. The highest BCUT2D eigenvalue weighted by molar-refractivity contribution is 6.30. The van der Waals surface area contributed by atoms with Crippen molar-refractivity contribution in [3.8, 4) is 0 Å². The predicted octanol–water partition coefficient (Wildman–Crippen LogP) is 1.31. The molecule has 1 aliphatic carbocycles. The molecule has 2 aliphatic rings. The van der Waals surface area contributed by atoms with Gasteiger partial charge in [-0.3, -0.25) is 19.4 Å². The summed E-state index contributed by atoms with van der Waals surface area (Å²) in [7, 11) is 0. The van der Waals surface area contributed by atoms with Gasteiger partial charge in [0.1, 0.15) is 5.82 Å². The number of hydrogen-bond acceptors (Lipinski definition) is 4. The first kappa shape index (κ1) is 18.1. The zero-order valence-corrected chi connectivity index (χ0v) is 14.7. The highest BCUT2D eigenvalue weighted by atomic mass is 35.5. The second-order valence-corrected chi connectivity index (χ2v) is 7.00. The lowest BCUT2D eigenvalue weighted by atomic mass is 10.3. The summed E-state index contributed by atoms with van der Waals surface area (Å²) in [4.78, 5) is 28.0. The van der Waals surface area contributed by atoms with Crippen LogP contribution in [-0.4, -0.2) is 66.9 Å². The summed E-state index contributed by atoms with van der Waals surface area (Å²) in [6, 6.07) is 4.53. The zero-order chi connectivity index (χ0) is 17.8. The van der Waals surface area contributed by atoms with E-state index in [-0.39, 0.29) is 29.1 Å². The first-order valence-corrected chi connectivity index (χ1v) is 8.86. The first-order valence-electron chi connectivity index (χ1n) is 8.48. The molecule has 3 rings (SSSR count). The summed E-state index contributed by atoms with van der Waals surface area (Å²) < 4.78 is 13.7. The van der Waals surface area contributed by atoms with E-state index in [2.05, 4.69) is 15.5 Å². The summed E-state index contributed by atoms with van der Waals surface area (Å²) in [5, 5.41) is 5.83. The molecule has 0 bridgehead atoms. The number of benzene rings is 1. The van der Waals surface area contributed by atoms with Crippen LogP contribution in [0.3, 0.4) is 0 Å². The first-order chi connectivity index (χ1) is 12.0. The fourth-order valence-electron chi connectivity index (χ4n) is 2.79. The van der Waals surface area contributed by atoms with Gasteiger partial charge < -0.3 is 10.6 Å². The molecule has 2 amide bonds. The van der Waals surface area contributed by atoms with Crippen LogP contribution >= 0.6 is 11.6 Å². The molecule has 8 heteroatoms. The molecule has 1 saturated carbocycles. The van der Waals surface area contributed by atoms with Gasteiger partial charge in [0.15, 0.2) is 0 Å². The molecule has 0 unspecified atom stereocenters. The lowest BCUT2D eigenvalue weighted by Gasteiger charge is -2.33. The minimum atomic E-state index is -0.549. The molecule has 1 saturated heterocycles. The van der Waals surface area contributed by atoms with Crippen LogP contribution in [0.15, 0.2) is 18.2 Å². The molecule has 0 spiro atoms. The van der Waals surface area contributed by atoms with Gasteiger partial charge >= 0.3 is 0 Å². The van der Waals surface area contributed by atoms with Crippen LogP contribution in [0.5, 0.6) is 0 Å². The lowest BCUT2D eigenvalue weighted by molar-refractivity contribution is -0.123. The van der Waals surface area contributed by atoms with Crippen molar-refractivity contribution in [1.82, 2.24) is 15.1 Å². The number of carbonyl (C=O) groups is 2. The number of nitrogens with one attached hydrogen (secondary N) is 2. The fourth-order valence-corrected chi connectivity index (χ4v) is 2.95. The molecule has 136 valence electrons. The van der Waals surface area contributed by atoms with Crippen molar-refractivity contribution in [1.29, 1.82) is 0 Å². The monoisotopic (exact) mass is 368 g/mol. The van der Waals surface area contributed by atoms with Crippen molar-refractivity contribution >= 4 is 29.1 Å². The van der Waals surface area contributed by atoms with Gasteiger partial charge in [-0.25, -0.2) is 4.39 Å². The summed E-state index contributed by atoms with van der Waals surface area (Å²) in [6.45, 7) is 3.48. The van der Waals surface area contributed by atoms with Crippen LogP contribution in [0.25, 0.3) is 0 Å². The number of hydrogen-bond donors (Lipinski definition) is 2. The lowest BCUT2D eigenvalue weighted by Crippen LogP contribution is -2.51. The Balaban J connectivity index is 1.39. The summed E-state index contributed by atoms with van der Waals surface area (Å²) >= 11 is 5.70. The maximum Gasteiger partial charge on any atom is 0.238 e. The Labute approximate surface area is 151 Å². The molecular weight excluding hydrogens is 347 g/mol. The second-order valence-electron chi connectivity index (χ2n) is 6.57. The maximum atomic E-state index is 13.7. The van der Waals surface area contributed by atoms with E-state index in [1.807, 2.05) is 4.90 Å². The molecular formula is C17H22ClFN4O2. The molecule has 2 N–H and O–H groups in total. The van der Waals surface area contributed by atoms with Crippen LogP contribution in [0.1, 0.15) is 12.8 Å². The molecule has 1 heterocycles. The van der Waals surface area contributed by atoms with E-state index in [0.29, 0.717) is 25.7 Å². The number of anilines is 1. The van der Waals surface area contributed by atoms with E-state index in [9.17, 15) is 14.0 Å². The van der Waals surface area contributed by atoms with Gasteiger partial charge in [-0.2, -0.15) is 0 Å². The van der Waals surface area contributed by atoms with Gasteiger partial charge in [0.2, 0.25) is 11.8 Å². The molecule has 0 atom stereocenters. The molecule has 2 fully saturated rings. The Hall–Kier alpha value is -1.70. The van der Waals surface area contributed by atoms with Crippen molar-refractivity contribution in [3.63, 3.8) is 0 Å². The zero-order valence-electron chi connectivity index (χ0n) is 13.9. The molecule has 1 aliphatic heterocycles. The molecule has 6 nitrogen and oxygen atoms in total. The van der Waals surface area contributed by atoms with Crippen LogP contribution in [-0.2, 0) is 9.59 Å². The largest absolute Gasteiger partial charge is 0.352 e. The predicted molar refractivity (Wildman–Crippen MR) is 94.1 cm³/mol. The standard InChI is InChI=1S/C17H22ClFN4O2/c18-12-1-4-15(14(19)9-12)21-17(25)11-23-7-5-22(6-8-23)10-16(24)20-13-2-3-13/h1,4,9,13H,2-3,5-8,10-11H2,(H,20,24)(H,21,25). The Morgan fingerprint density at radius 3 is 2.24 bits per heavy atom. The molecule has 25 heavy (non-hydrogen) atoms. The van der Waals surface area contributed by atoms with E-state index in [1.165, 1.54) is 18.2 Å². The van der Waals surface area contributed by atoms with Crippen molar-refractivity contribution in [2.45, 2.75) is 18.9 Å². The van der Waals surface area contributed by atoms with Gasteiger partial charge in [-0.05, 0) is 31.0 Å². The van der Waals surface area contributed by atoms with Crippen molar-refractivity contribution in [2.24, 2.45) is 0 Å². The Kier molecular flexibility index (Phi) is 5.88. The van der Waals surface area contributed by atoms with E-state index in [4.69, 9.17) is 11.6 Å². The average Bonchev–Trinajstić information content (AvgIpc) is 3.36. The highest BCUT2D eigenvalue weighted by Gasteiger charge is 2.25. The van der Waals surface area contributed by atoms with E-state index >= 15 is 0 Å². The van der Waals surface area contributed by atoms with Crippen molar-refractivity contribution < 1.29 is 14.0 Å². The summed E-state index contributed by atoms with van der Waals surface area (Å²) in [5.41, 5.74) is 0.129. The van der Waals surface area contributed by atoms with Gasteiger partial charge in [0, 0.05) is 37.2 Å². The van der Waals surface area contributed by atoms with Crippen LogP contribution in [0.2, 0.25) is 5.02 Å². The third kappa shape index (κ3) is 5.66. The van der Waals surface area contributed by atoms with E-state index in [1.54, 1.807) is 0 Å². The Morgan fingerprint density at radius 1 is 1.08 bits per heavy atom. The number of halogens is 2. The number of carbonyl (C=O) groups excluding carboxylic acids is 2. The van der Waals surface area contributed by atoms with Crippen molar-refractivity contribution in [2.75, 3.05) is 44.6 Å². The van der Waals surface area contributed by atoms with Crippen LogP contribution < -0.4 is 10.6 Å². The maximum absolute atomic E-state index is 13.7.